The second kappa shape index (κ2) is 8.87. The Kier molecular flexibility index (Phi) is 6.74. The van der Waals surface area contributed by atoms with E-state index in [2.05, 4.69) is 39.2 Å². The fourth-order valence-corrected chi connectivity index (χ4v) is 8.91. The van der Waals surface area contributed by atoms with Crippen molar-refractivity contribution in [2.45, 2.75) is 104 Å². The van der Waals surface area contributed by atoms with Crippen molar-refractivity contribution in [3.8, 4) is 0 Å². The topological polar surface area (TPSA) is 58.3 Å². The zero-order valence-corrected chi connectivity index (χ0v) is 20.1. The number of nitrogens with one attached hydrogen (secondary N) is 1. The van der Waals surface area contributed by atoms with Crippen molar-refractivity contribution in [2.75, 3.05) is 6.54 Å². The first-order valence-electron chi connectivity index (χ1n) is 13.1. The summed E-state index contributed by atoms with van der Waals surface area (Å²) in [6, 6.07) is 0. The minimum Gasteiger partial charge on any atom is -0.393 e. The number of allylic oxidation sites excluding steroid dienone is 1. The average molecular weight is 417 g/mol. The van der Waals surface area contributed by atoms with Gasteiger partial charge in [-0.15, -0.1) is 0 Å². The normalized spacial score (nSPS) is 45.1. The molecular formula is C27H48N2O. The minimum absolute atomic E-state index is 0.0882. The number of hydrogen-bond acceptors (Lipinski definition) is 3. The molecule has 0 aromatic rings. The number of fused-ring (bicyclic) bond motifs is 5. The van der Waals surface area contributed by atoms with E-state index in [1.165, 1.54) is 57.8 Å². The predicted molar refractivity (Wildman–Crippen MR) is 126 cm³/mol. The highest BCUT2D eigenvalue weighted by atomic mass is 16.3. The largest absolute Gasteiger partial charge is 0.393 e. The summed E-state index contributed by atoms with van der Waals surface area (Å²) in [4.78, 5) is 0. The van der Waals surface area contributed by atoms with E-state index in [4.69, 9.17) is 5.84 Å². The summed E-state index contributed by atoms with van der Waals surface area (Å²) >= 11 is 0. The van der Waals surface area contributed by atoms with Crippen LogP contribution in [0.25, 0.3) is 0 Å². The van der Waals surface area contributed by atoms with Gasteiger partial charge in [-0.25, -0.2) is 0 Å². The summed E-state index contributed by atoms with van der Waals surface area (Å²) in [5.74, 6) is 10.6. The molecule has 172 valence electrons. The van der Waals surface area contributed by atoms with E-state index in [-0.39, 0.29) is 6.10 Å². The van der Waals surface area contributed by atoms with Gasteiger partial charge >= 0.3 is 0 Å². The van der Waals surface area contributed by atoms with Crippen LogP contribution < -0.4 is 11.3 Å². The van der Waals surface area contributed by atoms with Crippen molar-refractivity contribution in [1.82, 2.24) is 5.43 Å². The van der Waals surface area contributed by atoms with E-state index in [0.29, 0.717) is 16.7 Å². The van der Waals surface area contributed by atoms with Gasteiger partial charge in [0.15, 0.2) is 0 Å². The van der Waals surface area contributed by atoms with Crippen molar-refractivity contribution in [3.63, 3.8) is 0 Å². The fourth-order valence-electron chi connectivity index (χ4n) is 8.91. The zero-order chi connectivity index (χ0) is 21.5. The summed E-state index contributed by atoms with van der Waals surface area (Å²) < 4.78 is 0. The Balaban J connectivity index is 1.42. The van der Waals surface area contributed by atoms with Gasteiger partial charge in [0.05, 0.1) is 6.10 Å². The predicted octanol–water partition coefficient (Wildman–Crippen LogP) is 5.83. The highest BCUT2D eigenvalue weighted by molar-refractivity contribution is 5.25. The van der Waals surface area contributed by atoms with Gasteiger partial charge in [0.1, 0.15) is 0 Å². The molecule has 30 heavy (non-hydrogen) atoms. The Morgan fingerprint density at radius 1 is 1.10 bits per heavy atom. The molecule has 3 saturated carbocycles. The van der Waals surface area contributed by atoms with E-state index >= 15 is 0 Å². The molecule has 3 fully saturated rings. The molecule has 1 unspecified atom stereocenters. The Morgan fingerprint density at radius 3 is 2.67 bits per heavy atom. The Morgan fingerprint density at radius 2 is 1.90 bits per heavy atom. The highest BCUT2D eigenvalue weighted by Crippen LogP contribution is 2.67. The molecule has 0 aliphatic heterocycles. The molecule has 0 amide bonds. The molecule has 0 saturated heterocycles. The number of hydrazine groups is 1. The van der Waals surface area contributed by atoms with E-state index in [1.54, 1.807) is 5.57 Å². The third-order valence-corrected chi connectivity index (χ3v) is 10.7. The van der Waals surface area contributed by atoms with Gasteiger partial charge in [-0.1, -0.05) is 52.2 Å². The molecule has 4 aliphatic carbocycles. The van der Waals surface area contributed by atoms with E-state index in [0.717, 1.165) is 49.0 Å². The van der Waals surface area contributed by atoms with Crippen molar-refractivity contribution in [1.29, 1.82) is 0 Å². The molecule has 9 atom stereocenters. The maximum absolute atomic E-state index is 10.2. The second-order valence-electron chi connectivity index (χ2n) is 12.3. The first-order chi connectivity index (χ1) is 14.3. The van der Waals surface area contributed by atoms with Crippen LogP contribution in [0, 0.1) is 46.3 Å². The number of aliphatic hydroxyl groups is 1. The lowest BCUT2D eigenvalue weighted by Gasteiger charge is -2.58. The van der Waals surface area contributed by atoms with Crippen molar-refractivity contribution in [3.05, 3.63) is 11.6 Å². The maximum Gasteiger partial charge on any atom is 0.0577 e. The van der Waals surface area contributed by atoms with Gasteiger partial charge in [0, 0.05) is 6.54 Å². The van der Waals surface area contributed by atoms with E-state index in [1.807, 2.05) is 0 Å². The summed E-state index contributed by atoms with van der Waals surface area (Å²) in [6.45, 7) is 11.0. The molecular weight excluding hydrogens is 368 g/mol. The molecule has 0 aromatic carbocycles. The summed E-state index contributed by atoms with van der Waals surface area (Å²) in [5.41, 5.74) is 5.38. The standard InChI is InChI=1S/C27H48N2O/c1-18(17-29-28)6-5-7-19(2)23-10-11-24-22-9-8-20-16-21(30)12-14-26(20,3)25(22)13-15-27(23,24)4/h8,18-19,21-25,29-30H,5-7,9-17,28H2,1-4H3/t18?,19-,21+,22+,23-,24+,25+,26+,27-/m1/s1. The van der Waals surface area contributed by atoms with Crippen LogP contribution >= 0.6 is 0 Å². The molecule has 3 heteroatoms. The summed E-state index contributed by atoms with van der Waals surface area (Å²) in [5, 5.41) is 10.2. The number of hydrogen-bond donors (Lipinski definition) is 3. The van der Waals surface area contributed by atoms with Crippen molar-refractivity contribution >= 4 is 0 Å². The van der Waals surface area contributed by atoms with E-state index in [9.17, 15) is 5.11 Å². The second-order valence-corrected chi connectivity index (χ2v) is 12.3. The van der Waals surface area contributed by atoms with Gasteiger partial charge in [-0.3, -0.25) is 11.3 Å². The molecule has 0 heterocycles. The lowest BCUT2D eigenvalue weighted by molar-refractivity contribution is -0.0573. The molecule has 3 nitrogen and oxygen atoms in total. The van der Waals surface area contributed by atoms with Gasteiger partial charge in [-0.05, 0) is 104 Å². The molecule has 0 aromatic heterocycles. The number of nitrogens with two attached hydrogens (primary N) is 1. The van der Waals surface area contributed by atoms with Crippen LogP contribution in [0.1, 0.15) is 98.3 Å². The van der Waals surface area contributed by atoms with Gasteiger partial charge in [0.25, 0.3) is 0 Å². The smallest absolute Gasteiger partial charge is 0.0577 e. The lowest BCUT2D eigenvalue weighted by Crippen LogP contribution is -2.50. The number of rotatable bonds is 7. The van der Waals surface area contributed by atoms with Crippen molar-refractivity contribution in [2.24, 2.45) is 52.2 Å². The van der Waals surface area contributed by atoms with Gasteiger partial charge in [-0.2, -0.15) is 0 Å². The van der Waals surface area contributed by atoms with Crippen LogP contribution in [0.5, 0.6) is 0 Å². The van der Waals surface area contributed by atoms with Crippen LogP contribution in [0.3, 0.4) is 0 Å². The fraction of sp³-hybridized carbons (Fsp3) is 0.926. The average Bonchev–Trinajstić information content (AvgIpc) is 3.06. The van der Waals surface area contributed by atoms with Crippen LogP contribution in [0.15, 0.2) is 11.6 Å². The summed E-state index contributed by atoms with van der Waals surface area (Å²) in [6.07, 6.45) is 16.7. The third kappa shape index (κ3) is 3.92. The quantitative estimate of drug-likeness (QED) is 0.278. The number of aliphatic hydroxyl groups excluding tert-OH is 1. The SMILES string of the molecule is CC(CCC[C@@H](C)[C@H]1CC[C@H]2[C@@H]3CC=C4C[C@@H](O)CC[C@]4(C)[C@H]3CC[C@]12C)CNN. The monoisotopic (exact) mass is 416 g/mol. The first kappa shape index (κ1) is 22.8. The molecule has 0 spiro atoms. The molecule has 4 rings (SSSR count). The van der Waals surface area contributed by atoms with Crippen LogP contribution in [-0.2, 0) is 0 Å². The van der Waals surface area contributed by atoms with Crippen molar-refractivity contribution < 1.29 is 5.11 Å². The Labute approximate surface area is 185 Å². The van der Waals surface area contributed by atoms with Gasteiger partial charge in [0.2, 0.25) is 0 Å². The van der Waals surface area contributed by atoms with E-state index < -0.39 is 0 Å². The first-order valence-corrected chi connectivity index (χ1v) is 13.1. The summed E-state index contributed by atoms with van der Waals surface area (Å²) in [7, 11) is 0. The molecule has 0 bridgehead atoms. The van der Waals surface area contributed by atoms with Crippen LogP contribution in [0.2, 0.25) is 0 Å². The lowest BCUT2D eigenvalue weighted by atomic mass is 9.47. The Bertz CT molecular complexity index is 632. The Hall–Kier alpha value is -0.380. The molecule has 4 N–H and O–H groups in total. The van der Waals surface area contributed by atoms with Crippen LogP contribution in [-0.4, -0.2) is 17.8 Å². The van der Waals surface area contributed by atoms with Gasteiger partial charge < -0.3 is 5.11 Å². The highest BCUT2D eigenvalue weighted by Gasteiger charge is 2.59. The zero-order valence-electron chi connectivity index (χ0n) is 20.1. The third-order valence-electron chi connectivity index (χ3n) is 10.7. The molecule has 4 aliphatic rings. The maximum atomic E-state index is 10.2. The van der Waals surface area contributed by atoms with Crippen LogP contribution in [0.4, 0.5) is 0 Å². The molecule has 0 radical (unpaired) electrons. The minimum atomic E-state index is -0.0882.